The van der Waals surface area contributed by atoms with Crippen molar-refractivity contribution in [2.45, 2.75) is 56.3 Å². The Hall–Kier alpha value is -1.59. The Labute approximate surface area is 124 Å². The number of fused-ring (bicyclic) bond motifs is 3. The molecule has 3 saturated carbocycles. The Morgan fingerprint density at radius 2 is 1.71 bits per heavy atom. The van der Waals surface area contributed by atoms with E-state index >= 15 is 0 Å². The number of nitrogens with one attached hydrogen (secondary N) is 2. The highest BCUT2D eigenvalue weighted by Crippen LogP contribution is 2.46. The second-order valence-corrected chi connectivity index (χ2v) is 6.32. The van der Waals surface area contributed by atoms with Gasteiger partial charge >= 0.3 is 6.09 Å². The Morgan fingerprint density at radius 3 is 2.33 bits per heavy atom. The van der Waals surface area contributed by atoms with Crippen molar-refractivity contribution in [2.75, 3.05) is 0 Å². The second-order valence-electron chi connectivity index (χ2n) is 6.32. The van der Waals surface area contributed by atoms with Gasteiger partial charge in [0.15, 0.2) is 0 Å². The van der Waals surface area contributed by atoms with Crippen LogP contribution >= 0.6 is 0 Å². The molecule has 0 radical (unpaired) electrons. The van der Waals surface area contributed by atoms with Gasteiger partial charge in [0.05, 0.1) is 5.60 Å². The van der Waals surface area contributed by atoms with E-state index in [1.54, 1.807) is 0 Å². The Bertz CT molecular complexity index is 479. The molecule has 1 aromatic carbocycles. The smallest absolute Gasteiger partial charge is 0.421 e. The van der Waals surface area contributed by atoms with Gasteiger partial charge in [0.1, 0.15) is 6.61 Å². The number of carbonyl (C=O) groups excluding carboxylic acids is 1. The highest BCUT2D eigenvalue weighted by Gasteiger charge is 2.47. The summed E-state index contributed by atoms with van der Waals surface area (Å²) in [6, 6.07) is 9.60. The van der Waals surface area contributed by atoms with E-state index in [-0.39, 0.29) is 12.1 Å². The van der Waals surface area contributed by atoms with Gasteiger partial charge in [0.25, 0.3) is 0 Å². The van der Waals surface area contributed by atoms with Crippen LogP contribution in [0.3, 0.4) is 0 Å². The van der Waals surface area contributed by atoms with Crippen molar-refractivity contribution in [1.29, 1.82) is 0 Å². The largest absolute Gasteiger partial charge is 0.444 e. The van der Waals surface area contributed by atoms with Crippen LogP contribution in [0.1, 0.15) is 44.1 Å². The fraction of sp³-hybridized carbons (Fsp3) is 0.562. The van der Waals surface area contributed by atoms with Crippen LogP contribution in [-0.2, 0) is 11.3 Å². The molecular formula is C16H22N2O3. The maximum atomic E-state index is 11.7. The monoisotopic (exact) mass is 290 g/mol. The van der Waals surface area contributed by atoms with Crippen LogP contribution in [0.15, 0.2) is 30.3 Å². The molecule has 4 rings (SSSR count). The van der Waals surface area contributed by atoms with Crippen LogP contribution < -0.4 is 10.9 Å². The zero-order valence-corrected chi connectivity index (χ0v) is 12.1. The molecular weight excluding hydrogens is 268 g/mol. The van der Waals surface area contributed by atoms with E-state index < -0.39 is 11.7 Å². The summed E-state index contributed by atoms with van der Waals surface area (Å²) in [4.78, 5) is 11.7. The minimum atomic E-state index is -0.461. The number of carbonyl (C=O) groups is 1. The molecule has 21 heavy (non-hydrogen) atoms. The molecule has 0 saturated heterocycles. The normalized spacial score (nSPS) is 30.9. The third kappa shape index (κ3) is 3.36. The number of hydrazine groups is 1. The quantitative estimate of drug-likeness (QED) is 0.744. The van der Waals surface area contributed by atoms with Crippen LogP contribution in [0.4, 0.5) is 4.79 Å². The lowest BCUT2D eigenvalue weighted by atomic mass is 9.63. The fourth-order valence-corrected chi connectivity index (χ4v) is 3.30. The maximum Gasteiger partial charge on any atom is 0.421 e. The third-order valence-corrected chi connectivity index (χ3v) is 4.85. The Morgan fingerprint density at radius 1 is 1.10 bits per heavy atom. The summed E-state index contributed by atoms with van der Waals surface area (Å²) in [6.07, 6.45) is 4.63. The molecule has 3 N–H and O–H groups in total. The highest BCUT2D eigenvalue weighted by atomic mass is 16.6. The van der Waals surface area contributed by atoms with Crippen LogP contribution in [0.2, 0.25) is 0 Å². The van der Waals surface area contributed by atoms with Crippen molar-refractivity contribution in [3.05, 3.63) is 35.9 Å². The minimum absolute atomic E-state index is 0.0732. The zero-order valence-electron chi connectivity index (χ0n) is 12.1. The number of hydrogen-bond acceptors (Lipinski definition) is 4. The first-order valence-corrected chi connectivity index (χ1v) is 7.56. The molecule has 0 unspecified atom stereocenters. The van der Waals surface area contributed by atoms with E-state index in [1.165, 1.54) is 0 Å². The minimum Gasteiger partial charge on any atom is -0.444 e. The van der Waals surface area contributed by atoms with E-state index in [0.717, 1.165) is 44.1 Å². The van der Waals surface area contributed by atoms with E-state index in [1.807, 2.05) is 30.3 Å². The molecule has 1 amide bonds. The van der Waals surface area contributed by atoms with E-state index in [0.29, 0.717) is 0 Å². The van der Waals surface area contributed by atoms with Crippen molar-refractivity contribution < 1.29 is 14.6 Å². The van der Waals surface area contributed by atoms with Gasteiger partial charge in [-0.3, -0.25) is 5.43 Å². The molecule has 114 valence electrons. The topological polar surface area (TPSA) is 70.6 Å². The lowest BCUT2D eigenvalue weighted by Crippen LogP contribution is -2.61. The van der Waals surface area contributed by atoms with Gasteiger partial charge in [-0.15, -0.1) is 0 Å². The molecule has 0 spiro atoms. The number of amides is 1. The molecule has 3 fully saturated rings. The van der Waals surface area contributed by atoms with Gasteiger partial charge in [-0.25, -0.2) is 10.2 Å². The van der Waals surface area contributed by atoms with Gasteiger partial charge in [-0.2, -0.15) is 0 Å². The summed E-state index contributed by atoms with van der Waals surface area (Å²) < 4.78 is 5.18. The SMILES string of the molecule is O=C(NNC12CCC(O)(CC1)CC2)OCc1ccccc1. The van der Waals surface area contributed by atoms with E-state index in [9.17, 15) is 9.90 Å². The van der Waals surface area contributed by atoms with Crippen LogP contribution in [0, 0.1) is 0 Å². The molecule has 2 bridgehead atoms. The fourth-order valence-electron chi connectivity index (χ4n) is 3.30. The van der Waals surface area contributed by atoms with E-state index in [4.69, 9.17) is 4.74 Å². The first kappa shape index (κ1) is 14.4. The second kappa shape index (κ2) is 5.66. The maximum absolute atomic E-state index is 11.7. The molecule has 1 aromatic rings. The summed E-state index contributed by atoms with van der Waals surface area (Å²) in [5.41, 5.74) is 6.23. The van der Waals surface area contributed by atoms with Crippen LogP contribution in [-0.4, -0.2) is 22.3 Å². The predicted octanol–water partition coefficient (Wildman–Crippen LogP) is 2.26. The first-order chi connectivity index (χ1) is 10.1. The van der Waals surface area contributed by atoms with Crippen molar-refractivity contribution in [2.24, 2.45) is 0 Å². The number of hydrogen-bond donors (Lipinski definition) is 3. The summed E-state index contributed by atoms with van der Waals surface area (Å²) in [7, 11) is 0. The number of benzene rings is 1. The van der Waals surface area contributed by atoms with E-state index in [2.05, 4.69) is 10.9 Å². The Kier molecular flexibility index (Phi) is 3.87. The average Bonchev–Trinajstić information content (AvgIpc) is 2.53. The summed E-state index contributed by atoms with van der Waals surface area (Å²) >= 11 is 0. The molecule has 5 heteroatoms. The zero-order chi connectivity index (χ0) is 14.8. The van der Waals surface area contributed by atoms with Crippen LogP contribution in [0.25, 0.3) is 0 Å². The number of aliphatic hydroxyl groups is 1. The first-order valence-electron chi connectivity index (χ1n) is 7.56. The van der Waals surface area contributed by atoms with Gasteiger partial charge < -0.3 is 9.84 Å². The molecule has 3 aliphatic carbocycles. The molecule has 0 aliphatic heterocycles. The molecule has 0 atom stereocenters. The molecule has 0 aromatic heterocycles. The van der Waals surface area contributed by atoms with Gasteiger partial charge in [-0.1, -0.05) is 30.3 Å². The predicted molar refractivity (Wildman–Crippen MR) is 78.3 cm³/mol. The lowest BCUT2D eigenvalue weighted by molar-refractivity contribution is -0.0754. The van der Waals surface area contributed by atoms with Gasteiger partial charge in [0.2, 0.25) is 0 Å². The van der Waals surface area contributed by atoms with Crippen molar-refractivity contribution in [1.82, 2.24) is 10.9 Å². The average molecular weight is 290 g/mol. The standard InChI is InChI=1S/C16H22N2O3/c19-14(21-12-13-4-2-1-3-5-13)17-18-15-6-9-16(20,10-7-15)11-8-15/h1-5,18,20H,6-12H2,(H,17,19). The van der Waals surface area contributed by atoms with Crippen molar-refractivity contribution in [3.8, 4) is 0 Å². The lowest BCUT2D eigenvalue weighted by Gasteiger charge is -2.51. The third-order valence-electron chi connectivity index (χ3n) is 4.85. The summed E-state index contributed by atoms with van der Waals surface area (Å²) in [5.74, 6) is 0. The summed E-state index contributed by atoms with van der Waals surface area (Å²) in [6.45, 7) is 0.265. The van der Waals surface area contributed by atoms with Gasteiger partial charge in [-0.05, 0) is 44.1 Å². The molecule has 5 nitrogen and oxygen atoms in total. The Balaban J connectivity index is 1.44. The highest BCUT2D eigenvalue weighted by molar-refractivity contribution is 5.66. The van der Waals surface area contributed by atoms with Crippen LogP contribution in [0.5, 0.6) is 0 Å². The molecule has 0 heterocycles. The molecule has 3 aliphatic rings. The van der Waals surface area contributed by atoms with Gasteiger partial charge in [0, 0.05) is 5.54 Å². The number of rotatable bonds is 4. The summed E-state index contributed by atoms with van der Waals surface area (Å²) in [5, 5.41) is 10.2. The number of ether oxygens (including phenoxy) is 1. The van der Waals surface area contributed by atoms with Crippen molar-refractivity contribution in [3.63, 3.8) is 0 Å². The van der Waals surface area contributed by atoms with Crippen molar-refractivity contribution >= 4 is 6.09 Å².